The van der Waals surface area contributed by atoms with Crippen LogP contribution in [0, 0.1) is 11.2 Å². The molecule has 0 amide bonds. The highest BCUT2D eigenvalue weighted by Crippen LogP contribution is 2.41. The third-order valence-electron chi connectivity index (χ3n) is 3.98. The number of nitrogens with zero attached hydrogens (tertiary/aromatic N) is 1. The van der Waals surface area contributed by atoms with Gasteiger partial charge >= 0.3 is 5.97 Å². The van der Waals surface area contributed by atoms with Gasteiger partial charge in [-0.3, -0.25) is 4.79 Å². The van der Waals surface area contributed by atoms with Gasteiger partial charge in [0.15, 0.2) is 11.5 Å². The average molecular weight is 298 g/mol. The summed E-state index contributed by atoms with van der Waals surface area (Å²) in [6.45, 7) is 0. The van der Waals surface area contributed by atoms with Crippen LogP contribution < -0.4 is 0 Å². The number of carboxylic acid groups (broad SMARTS) is 1. The van der Waals surface area contributed by atoms with Crippen LogP contribution in [0.2, 0.25) is 5.02 Å². The van der Waals surface area contributed by atoms with Gasteiger partial charge in [-0.05, 0) is 18.9 Å². The van der Waals surface area contributed by atoms with Crippen molar-refractivity contribution < 1.29 is 18.7 Å². The monoisotopic (exact) mass is 297 g/mol. The fourth-order valence-electron chi connectivity index (χ4n) is 2.85. The van der Waals surface area contributed by atoms with Crippen LogP contribution in [0.15, 0.2) is 16.5 Å². The fourth-order valence-corrected chi connectivity index (χ4v) is 3.01. The molecule has 3 rings (SSSR count). The first kappa shape index (κ1) is 13.4. The molecule has 2 aromatic rings. The van der Waals surface area contributed by atoms with E-state index in [1.807, 2.05) is 0 Å². The Morgan fingerprint density at radius 3 is 2.80 bits per heavy atom. The number of aliphatic carboxylic acids is 1. The number of carbonyl (C=O) groups is 1. The molecule has 1 fully saturated rings. The molecule has 1 aromatic heterocycles. The number of hydrogen-bond donors (Lipinski definition) is 1. The molecule has 6 heteroatoms. The maximum absolute atomic E-state index is 13.4. The molecule has 1 aromatic carbocycles. The van der Waals surface area contributed by atoms with Crippen LogP contribution in [0.3, 0.4) is 0 Å². The summed E-state index contributed by atoms with van der Waals surface area (Å²) in [5.41, 5.74) is -0.0613. The number of fused-ring (bicyclic) bond motifs is 1. The molecule has 4 nitrogen and oxygen atoms in total. The third-order valence-corrected chi connectivity index (χ3v) is 4.27. The predicted octanol–water partition coefficient (Wildman–Crippen LogP) is 3.81. The minimum atomic E-state index is -0.818. The van der Waals surface area contributed by atoms with Gasteiger partial charge in [0.1, 0.15) is 11.3 Å². The second-order valence-electron chi connectivity index (χ2n) is 5.31. The number of rotatable bonds is 3. The van der Waals surface area contributed by atoms with Gasteiger partial charge in [0.05, 0.1) is 10.4 Å². The Labute approximate surface area is 119 Å². The zero-order chi connectivity index (χ0) is 14.3. The lowest BCUT2D eigenvalue weighted by molar-refractivity contribution is -0.148. The van der Waals surface area contributed by atoms with Gasteiger partial charge in [0.2, 0.25) is 0 Å². The number of carboxylic acids is 1. The van der Waals surface area contributed by atoms with E-state index in [-0.39, 0.29) is 11.4 Å². The van der Waals surface area contributed by atoms with E-state index in [4.69, 9.17) is 16.0 Å². The van der Waals surface area contributed by atoms with Gasteiger partial charge in [-0.2, -0.15) is 0 Å². The van der Waals surface area contributed by atoms with E-state index in [1.54, 1.807) is 0 Å². The topological polar surface area (TPSA) is 63.3 Å². The van der Waals surface area contributed by atoms with Gasteiger partial charge < -0.3 is 9.52 Å². The van der Waals surface area contributed by atoms with Crippen molar-refractivity contribution in [1.29, 1.82) is 0 Å². The SMILES string of the molecule is O=C(O)C1(Cc2nc3cc(Cl)c(F)cc3o2)CCCC1. The van der Waals surface area contributed by atoms with Crippen molar-refractivity contribution in [2.24, 2.45) is 5.41 Å². The summed E-state index contributed by atoms with van der Waals surface area (Å²) >= 11 is 5.69. The molecule has 1 saturated carbocycles. The molecule has 1 aliphatic rings. The van der Waals surface area contributed by atoms with Gasteiger partial charge in [-0.25, -0.2) is 9.37 Å². The van der Waals surface area contributed by atoms with Crippen molar-refractivity contribution in [3.8, 4) is 0 Å². The highest BCUT2D eigenvalue weighted by Gasteiger charge is 2.42. The van der Waals surface area contributed by atoms with Crippen molar-refractivity contribution >= 4 is 28.7 Å². The van der Waals surface area contributed by atoms with Crippen LogP contribution in [0.1, 0.15) is 31.6 Å². The molecule has 0 saturated heterocycles. The summed E-state index contributed by atoms with van der Waals surface area (Å²) in [6, 6.07) is 2.57. The Morgan fingerprint density at radius 1 is 1.45 bits per heavy atom. The second-order valence-corrected chi connectivity index (χ2v) is 5.72. The maximum Gasteiger partial charge on any atom is 0.310 e. The van der Waals surface area contributed by atoms with E-state index < -0.39 is 17.2 Å². The fraction of sp³-hybridized carbons (Fsp3) is 0.429. The highest BCUT2D eigenvalue weighted by molar-refractivity contribution is 6.31. The molecular formula is C14H13ClFNO3. The van der Waals surface area contributed by atoms with Gasteiger partial charge in [0, 0.05) is 12.5 Å². The van der Waals surface area contributed by atoms with Crippen LogP contribution >= 0.6 is 11.6 Å². The quantitative estimate of drug-likeness (QED) is 0.935. The van der Waals surface area contributed by atoms with Crippen molar-refractivity contribution in [3.05, 3.63) is 28.9 Å². The van der Waals surface area contributed by atoms with Crippen LogP contribution in [0.4, 0.5) is 4.39 Å². The number of benzene rings is 1. The second kappa shape index (κ2) is 4.74. The molecule has 106 valence electrons. The van der Waals surface area contributed by atoms with Gasteiger partial charge in [-0.1, -0.05) is 24.4 Å². The summed E-state index contributed by atoms with van der Waals surface area (Å²) < 4.78 is 18.8. The number of hydrogen-bond acceptors (Lipinski definition) is 3. The molecule has 1 aliphatic carbocycles. The lowest BCUT2D eigenvalue weighted by Gasteiger charge is -2.21. The average Bonchev–Trinajstić information content (AvgIpc) is 2.98. The van der Waals surface area contributed by atoms with Gasteiger partial charge in [-0.15, -0.1) is 0 Å². The number of aromatic nitrogens is 1. The van der Waals surface area contributed by atoms with E-state index in [0.29, 0.717) is 29.8 Å². The lowest BCUT2D eigenvalue weighted by atomic mass is 9.83. The van der Waals surface area contributed by atoms with Crippen LogP contribution in [0.25, 0.3) is 11.1 Å². The van der Waals surface area contributed by atoms with E-state index in [1.165, 1.54) is 12.1 Å². The summed E-state index contributed by atoms with van der Waals surface area (Å²) in [4.78, 5) is 15.7. The Kier molecular flexibility index (Phi) is 3.17. The summed E-state index contributed by atoms with van der Waals surface area (Å²) in [5, 5.41) is 9.42. The molecule has 1 N–H and O–H groups in total. The molecule has 20 heavy (non-hydrogen) atoms. The number of oxazole rings is 1. The van der Waals surface area contributed by atoms with Crippen LogP contribution in [-0.4, -0.2) is 16.1 Å². The van der Waals surface area contributed by atoms with Gasteiger partial charge in [0.25, 0.3) is 0 Å². The molecule has 0 atom stereocenters. The first-order chi connectivity index (χ1) is 9.50. The minimum absolute atomic E-state index is 0.0221. The molecule has 1 heterocycles. The first-order valence-electron chi connectivity index (χ1n) is 6.48. The van der Waals surface area contributed by atoms with Crippen molar-refractivity contribution in [1.82, 2.24) is 4.98 Å². The third kappa shape index (κ3) is 2.16. The first-order valence-corrected chi connectivity index (χ1v) is 6.86. The summed E-state index contributed by atoms with van der Waals surface area (Å²) in [5.74, 6) is -1.07. The summed E-state index contributed by atoms with van der Waals surface area (Å²) in [6.07, 6.45) is 3.27. The maximum atomic E-state index is 13.4. The highest BCUT2D eigenvalue weighted by atomic mass is 35.5. The molecule has 0 spiro atoms. The van der Waals surface area contributed by atoms with E-state index in [2.05, 4.69) is 4.98 Å². The van der Waals surface area contributed by atoms with Crippen LogP contribution in [-0.2, 0) is 11.2 Å². The summed E-state index contributed by atoms with van der Waals surface area (Å²) in [7, 11) is 0. The predicted molar refractivity (Wildman–Crippen MR) is 71.2 cm³/mol. The van der Waals surface area contributed by atoms with Crippen molar-refractivity contribution in [2.45, 2.75) is 32.1 Å². The Balaban J connectivity index is 1.96. The van der Waals surface area contributed by atoms with Crippen molar-refractivity contribution in [2.75, 3.05) is 0 Å². The Morgan fingerprint density at radius 2 is 2.15 bits per heavy atom. The molecular weight excluding hydrogens is 285 g/mol. The molecule has 0 radical (unpaired) electrons. The lowest BCUT2D eigenvalue weighted by Crippen LogP contribution is -2.30. The standard InChI is InChI=1S/C14H13ClFNO3/c15-8-5-10-11(6-9(8)16)20-12(17-10)7-14(13(18)19)3-1-2-4-14/h5-6H,1-4,7H2,(H,18,19). The largest absolute Gasteiger partial charge is 0.481 e. The number of halogens is 2. The Bertz CT molecular complexity index is 637. The molecule has 0 bridgehead atoms. The zero-order valence-corrected chi connectivity index (χ0v) is 11.4. The van der Waals surface area contributed by atoms with Crippen LogP contribution in [0.5, 0.6) is 0 Å². The normalized spacial score (nSPS) is 17.7. The molecule has 0 aliphatic heterocycles. The zero-order valence-electron chi connectivity index (χ0n) is 10.7. The minimum Gasteiger partial charge on any atom is -0.481 e. The smallest absolute Gasteiger partial charge is 0.310 e. The van der Waals surface area contributed by atoms with Crippen molar-refractivity contribution in [3.63, 3.8) is 0 Å². The molecule has 0 unspecified atom stereocenters. The van der Waals surface area contributed by atoms with E-state index >= 15 is 0 Å². The van der Waals surface area contributed by atoms with E-state index in [0.717, 1.165) is 12.8 Å². The van der Waals surface area contributed by atoms with E-state index in [9.17, 15) is 14.3 Å². The Hall–Kier alpha value is -1.62.